The molecule has 0 unspecified atom stereocenters. The molecule has 4 aromatic heterocycles. The van der Waals surface area contributed by atoms with Gasteiger partial charge in [-0.05, 0) is 23.8 Å². The molecule has 1 aliphatic heterocycles. The van der Waals surface area contributed by atoms with Crippen molar-refractivity contribution in [2.75, 3.05) is 17.1 Å². The van der Waals surface area contributed by atoms with Crippen LogP contribution in [0.5, 0.6) is 5.75 Å². The fourth-order valence-corrected chi connectivity index (χ4v) is 4.51. The minimum Gasteiger partial charge on any atom is -0.489 e. The van der Waals surface area contributed by atoms with Crippen LogP contribution in [0.25, 0.3) is 11.5 Å². The lowest BCUT2D eigenvalue weighted by Gasteiger charge is -2.19. The van der Waals surface area contributed by atoms with E-state index in [0.717, 1.165) is 5.56 Å². The van der Waals surface area contributed by atoms with Crippen molar-refractivity contribution in [3.05, 3.63) is 71.7 Å². The van der Waals surface area contributed by atoms with Gasteiger partial charge in [0.2, 0.25) is 16.0 Å². The van der Waals surface area contributed by atoms with E-state index in [0.29, 0.717) is 28.1 Å². The van der Waals surface area contributed by atoms with Gasteiger partial charge in [-0.1, -0.05) is 17.7 Å². The number of hydrogen-bond donors (Lipinski definition) is 1. The number of hydrogen-bond acceptors (Lipinski definition) is 9. The number of aryl methyl sites for hydroxylation is 1. The van der Waals surface area contributed by atoms with E-state index in [2.05, 4.69) is 34.9 Å². The average Bonchev–Trinajstić information content (AvgIpc) is 3.14. The minimum atomic E-state index is -3.80. The Bertz CT molecular complexity index is 1380. The molecule has 0 amide bonds. The highest BCUT2D eigenvalue weighted by atomic mass is 35.5. The van der Waals surface area contributed by atoms with Gasteiger partial charge in [0, 0.05) is 37.4 Å². The third kappa shape index (κ3) is 4.47. The summed E-state index contributed by atoms with van der Waals surface area (Å²) in [6.45, 7) is 0.211. The van der Waals surface area contributed by atoms with Crippen LogP contribution in [-0.4, -0.2) is 55.5 Å². The summed E-state index contributed by atoms with van der Waals surface area (Å²) < 4.78 is 35.9. The normalized spacial score (nSPS) is 15.1. The fourth-order valence-electron chi connectivity index (χ4n) is 3.44. The summed E-state index contributed by atoms with van der Waals surface area (Å²) in [5, 5.41) is 8.73. The van der Waals surface area contributed by atoms with E-state index in [-0.39, 0.29) is 24.7 Å². The van der Waals surface area contributed by atoms with Crippen LogP contribution in [0.15, 0.2) is 55.2 Å². The summed E-state index contributed by atoms with van der Waals surface area (Å²) in [4.78, 5) is 16.6. The minimum absolute atomic E-state index is 0.0537. The third-order valence-corrected chi connectivity index (χ3v) is 6.40. The second kappa shape index (κ2) is 8.71. The predicted octanol–water partition coefficient (Wildman–Crippen LogP) is 2.14. The average molecular weight is 485 g/mol. The van der Waals surface area contributed by atoms with Crippen LogP contribution in [0.4, 0.5) is 5.95 Å². The van der Waals surface area contributed by atoms with Crippen LogP contribution >= 0.6 is 11.6 Å². The molecule has 1 N–H and O–H groups in total. The van der Waals surface area contributed by atoms with Crippen LogP contribution in [-0.2, 0) is 16.4 Å². The van der Waals surface area contributed by atoms with Crippen molar-refractivity contribution >= 4 is 27.6 Å². The number of rotatable bonds is 6. The van der Waals surface area contributed by atoms with Crippen LogP contribution in [0, 0.1) is 0 Å². The second-order valence-corrected chi connectivity index (χ2v) is 9.45. The van der Waals surface area contributed by atoms with E-state index in [1.807, 2.05) is 6.07 Å². The van der Waals surface area contributed by atoms with E-state index >= 15 is 0 Å². The summed E-state index contributed by atoms with van der Waals surface area (Å²) in [5.41, 5.74) is 1.28. The van der Waals surface area contributed by atoms with E-state index in [9.17, 15) is 8.42 Å². The van der Waals surface area contributed by atoms with E-state index in [1.54, 1.807) is 41.4 Å². The Kier molecular flexibility index (Phi) is 5.60. The van der Waals surface area contributed by atoms with Crippen molar-refractivity contribution in [1.82, 2.24) is 34.7 Å². The molecule has 0 fully saturated rings. The highest BCUT2D eigenvalue weighted by Crippen LogP contribution is 2.36. The molecule has 11 nitrogen and oxygen atoms in total. The van der Waals surface area contributed by atoms with Gasteiger partial charge in [0.15, 0.2) is 5.82 Å². The number of halogens is 1. The smallest absolute Gasteiger partial charge is 0.239 e. The number of sulfonamides is 1. The highest BCUT2D eigenvalue weighted by molar-refractivity contribution is 7.92. The first kappa shape index (κ1) is 21.2. The Labute approximate surface area is 193 Å². The first-order valence-electron chi connectivity index (χ1n) is 9.90. The summed E-state index contributed by atoms with van der Waals surface area (Å²) >= 11 is 5.78. The van der Waals surface area contributed by atoms with Gasteiger partial charge < -0.3 is 4.74 Å². The lowest BCUT2D eigenvalue weighted by molar-refractivity contribution is 0.280. The Hall–Kier alpha value is -3.64. The number of fused-ring (bicyclic) bond motifs is 3. The number of nitrogens with one attached hydrogen (secondary N) is 1. The first-order chi connectivity index (χ1) is 16.0. The van der Waals surface area contributed by atoms with Crippen LogP contribution < -0.4 is 9.46 Å². The molecule has 33 heavy (non-hydrogen) atoms. The van der Waals surface area contributed by atoms with Gasteiger partial charge in [-0.3, -0.25) is 14.3 Å². The van der Waals surface area contributed by atoms with Crippen LogP contribution in [0.2, 0.25) is 5.02 Å². The van der Waals surface area contributed by atoms with Crippen LogP contribution in [0.1, 0.15) is 17.4 Å². The Morgan fingerprint density at radius 2 is 1.91 bits per heavy atom. The molecule has 4 aromatic rings. The van der Waals surface area contributed by atoms with Crippen molar-refractivity contribution < 1.29 is 13.2 Å². The van der Waals surface area contributed by atoms with Gasteiger partial charge in [0.25, 0.3) is 0 Å². The Morgan fingerprint density at radius 3 is 2.70 bits per heavy atom. The van der Waals surface area contributed by atoms with Crippen molar-refractivity contribution in [3.8, 4) is 17.3 Å². The zero-order chi connectivity index (χ0) is 22.8. The highest BCUT2D eigenvalue weighted by Gasteiger charge is 2.31. The standard InChI is InChI=1S/C20H17ClN8O3S/c21-14-10-24-17(25-11-14)5-8-33(30,31)28-20-27-26-19-18-16(4-2-7-23-18)32-12-15(29(19)20)13-3-1-6-22-9-13/h1-4,6-7,9-11,15H,5,8,12H2,(H,27,28)/t15-/m0/s1. The number of nitrogens with zero attached hydrogens (tertiary/aromatic N) is 7. The van der Waals surface area contributed by atoms with Gasteiger partial charge in [-0.2, -0.15) is 0 Å². The maximum atomic E-state index is 12.9. The lowest BCUT2D eigenvalue weighted by atomic mass is 10.1. The monoisotopic (exact) mass is 484 g/mol. The fraction of sp³-hybridized carbons (Fsp3) is 0.200. The molecule has 0 aliphatic carbocycles. The number of ether oxygens (including phenoxy) is 1. The summed E-state index contributed by atoms with van der Waals surface area (Å²) in [6.07, 6.45) is 7.91. The van der Waals surface area contributed by atoms with Crippen molar-refractivity contribution in [2.24, 2.45) is 0 Å². The molecular weight excluding hydrogens is 468 g/mol. The van der Waals surface area contributed by atoms with Gasteiger partial charge in [0.1, 0.15) is 23.9 Å². The summed E-state index contributed by atoms with van der Waals surface area (Å²) in [5.74, 6) is 1.09. The van der Waals surface area contributed by atoms with E-state index in [1.165, 1.54) is 12.4 Å². The number of pyridine rings is 2. The number of anilines is 1. The maximum absolute atomic E-state index is 12.9. The van der Waals surface area contributed by atoms with Crippen LogP contribution in [0.3, 0.4) is 0 Å². The summed E-state index contributed by atoms with van der Waals surface area (Å²) in [7, 11) is -3.80. The van der Waals surface area contributed by atoms with E-state index in [4.69, 9.17) is 16.3 Å². The molecule has 0 radical (unpaired) electrons. The van der Waals surface area contributed by atoms with Gasteiger partial charge in [-0.15, -0.1) is 10.2 Å². The Morgan fingerprint density at radius 1 is 1.09 bits per heavy atom. The third-order valence-electron chi connectivity index (χ3n) is 4.97. The van der Waals surface area contributed by atoms with Gasteiger partial charge in [0.05, 0.1) is 16.8 Å². The van der Waals surface area contributed by atoms with Gasteiger partial charge >= 0.3 is 0 Å². The maximum Gasteiger partial charge on any atom is 0.239 e. The SMILES string of the molecule is O=S(=O)(CCc1ncc(Cl)cn1)Nc1nnc2n1[C@H](c1cccnc1)COc1cccnc1-2. The molecule has 13 heteroatoms. The molecule has 0 spiro atoms. The molecule has 0 aromatic carbocycles. The second-order valence-electron chi connectivity index (χ2n) is 7.17. The molecule has 0 saturated carbocycles. The molecule has 0 saturated heterocycles. The molecule has 168 valence electrons. The molecule has 1 aliphatic rings. The zero-order valence-corrected chi connectivity index (χ0v) is 18.6. The number of aromatic nitrogens is 7. The predicted molar refractivity (Wildman–Crippen MR) is 119 cm³/mol. The topological polar surface area (TPSA) is 138 Å². The molecule has 5 rings (SSSR count). The molecule has 1 atom stereocenters. The Balaban J connectivity index is 1.49. The van der Waals surface area contributed by atoms with Crippen molar-refractivity contribution in [2.45, 2.75) is 12.5 Å². The zero-order valence-electron chi connectivity index (χ0n) is 17.0. The molecule has 5 heterocycles. The van der Waals surface area contributed by atoms with E-state index < -0.39 is 16.1 Å². The largest absolute Gasteiger partial charge is 0.489 e. The van der Waals surface area contributed by atoms with Crippen molar-refractivity contribution in [1.29, 1.82) is 0 Å². The van der Waals surface area contributed by atoms with Gasteiger partial charge in [-0.25, -0.2) is 23.4 Å². The lowest BCUT2D eigenvalue weighted by Crippen LogP contribution is -2.24. The quantitative estimate of drug-likeness (QED) is 0.436. The van der Waals surface area contributed by atoms with Crippen molar-refractivity contribution in [3.63, 3.8) is 0 Å². The first-order valence-corrected chi connectivity index (χ1v) is 11.9. The molecular formula is C20H17ClN8O3S. The summed E-state index contributed by atoms with van der Waals surface area (Å²) in [6, 6.07) is 6.78. The molecule has 0 bridgehead atoms.